The van der Waals surface area contributed by atoms with Gasteiger partial charge in [-0.2, -0.15) is 0 Å². The van der Waals surface area contributed by atoms with E-state index in [9.17, 15) is 5.11 Å². The van der Waals surface area contributed by atoms with Gasteiger partial charge in [-0.1, -0.05) is 13.3 Å². The number of hydrogen-bond acceptors (Lipinski definition) is 3. The third-order valence-electron chi connectivity index (χ3n) is 5.07. The molecule has 5 nitrogen and oxygen atoms in total. The highest BCUT2D eigenvalue weighted by Crippen LogP contribution is 2.31. The van der Waals surface area contributed by atoms with Gasteiger partial charge in [-0.05, 0) is 52.0 Å². The molecule has 1 heterocycles. The summed E-state index contributed by atoms with van der Waals surface area (Å²) in [5.41, 5.74) is -0.539. The summed E-state index contributed by atoms with van der Waals surface area (Å²) in [6.45, 7) is 8.96. The van der Waals surface area contributed by atoms with Crippen molar-refractivity contribution in [1.29, 1.82) is 0 Å². The first kappa shape index (κ1) is 17.5. The monoisotopic (exact) mass is 310 g/mol. The third-order valence-corrected chi connectivity index (χ3v) is 5.07. The van der Waals surface area contributed by atoms with E-state index in [1.165, 1.54) is 32.2 Å². The largest absolute Gasteiger partial charge is 0.388 e. The van der Waals surface area contributed by atoms with Gasteiger partial charge in [0.25, 0.3) is 0 Å². The number of aliphatic hydroxyl groups is 1. The molecule has 1 saturated heterocycles. The van der Waals surface area contributed by atoms with Gasteiger partial charge in [0.2, 0.25) is 0 Å². The lowest BCUT2D eigenvalue weighted by Gasteiger charge is -2.36. The summed E-state index contributed by atoms with van der Waals surface area (Å²) >= 11 is 0. The topological polar surface area (TPSA) is 59.9 Å². The lowest BCUT2D eigenvalue weighted by Crippen LogP contribution is -2.47. The standard InChI is InChI=1S/C17H34N4O/c1-3-15-8-5-6-12-21(15)13-11-19-16(18-4-2)20-14-17(22)9-7-10-17/h15,22H,3-14H2,1-2H3,(H2,18,19,20). The Balaban J connectivity index is 1.74. The first-order chi connectivity index (χ1) is 10.7. The highest BCUT2D eigenvalue weighted by molar-refractivity contribution is 5.79. The number of hydrogen-bond donors (Lipinski definition) is 3. The molecule has 0 amide bonds. The van der Waals surface area contributed by atoms with Crippen LogP contribution in [-0.2, 0) is 0 Å². The van der Waals surface area contributed by atoms with Crippen LogP contribution < -0.4 is 10.6 Å². The van der Waals surface area contributed by atoms with Crippen molar-refractivity contribution in [2.45, 2.75) is 70.4 Å². The van der Waals surface area contributed by atoms with Gasteiger partial charge in [-0.25, -0.2) is 0 Å². The Labute approximate surface area is 135 Å². The molecule has 1 aliphatic heterocycles. The highest BCUT2D eigenvalue weighted by Gasteiger charge is 2.34. The van der Waals surface area contributed by atoms with Crippen LogP contribution in [0.15, 0.2) is 4.99 Å². The minimum Gasteiger partial charge on any atom is -0.388 e. The van der Waals surface area contributed by atoms with Gasteiger partial charge >= 0.3 is 0 Å². The molecule has 0 aromatic rings. The smallest absolute Gasteiger partial charge is 0.191 e. The second-order valence-electron chi connectivity index (χ2n) is 6.79. The Bertz CT molecular complexity index is 355. The molecule has 0 aromatic carbocycles. The fraction of sp³-hybridized carbons (Fsp3) is 0.941. The zero-order valence-corrected chi connectivity index (χ0v) is 14.4. The van der Waals surface area contributed by atoms with E-state index >= 15 is 0 Å². The molecule has 2 rings (SSSR count). The molecule has 0 bridgehead atoms. The van der Waals surface area contributed by atoms with Gasteiger partial charge in [0.1, 0.15) is 0 Å². The minimum atomic E-state index is -0.539. The molecule has 5 heteroatoms. The molecule has 2 aliphatic rings. The molecular weight excluding hydrogens is 276 g/mol. The quantitative estimate of drug-likeness (QED) is 0.495. The van der Waals surface area contributed by atoms with Gasteiger partial charge in [0.15, 0.2) is 5.96 Å². The van der Waals surface area contributed by atoms with Crippen LogP contribution in [0.25, 0.3) is 0 Å². The molecule has 1 aliphatic carbocycles. The molecule has 3 N–H and O–H groups in total. The molecule has 1 atom stereocenters. The first-order valence-corrected chi connectivity index (χ1v) is 9.15. The van der Waals surface area contributed by atoms with Crippen molar-refractivity contribution >= 4 is 5.96 Å². The summed E-state index contributed by atoms with van der Waals surface area (Å²) in [5, 5.41) is 16.8. The van der Waals surface area contributed by atoms with Crippen LogP contribution in [0.3, 0.4) is 0 Å². The summed E-state index contributed by atoms with van der Waals surface area (Å²) in [6, 6.07) is 0.755. The number of likely N-dealkylation sites (tertiary alicyclic amines) is 1. The lowest BCUT2D eigenvalue weighted by atomic mass is 9.80. The van der Waals surface area contributed by atoms with Gasteiger partial charge in [0.05, 0.1) is 12.1 Å². The fourth-order valence-electron chi connectivity index (χ4n) is 3.45. The zero-order chi connectivity index (χ0) is 15.8. The molecule has 2 fully saturated rings. The normalized spacial score (nSPS) is 25.6. The van der Waals surface area contributed by atoms with E-state index in [0.717, 1.165) is 50.9 Å². The Morgan fingerprint density at radius 3 is 2.68 bits per heavy atom. The van der Waals surface area contributed by atoms with Gasteiger partial charge in [-0.15, -0.1) is 0 Å². The minimum absolute atomic E-state index is 0.517. The Kier molecular flexibility index (Phi) is 6.96. The molecule has 0 spiro atoms. The number of rotatable bonds is 7. The van der Waals surface area contributed by atoms with Crippen LogP contribution in [0.2, 0.25) is 0 Å². The number of guanidine groups is 1. The van der Waals surface area contributed by atoms with E-state index in [-0.39, 0.29) is 0 Å². The Morgan fingerprint density at radius 2 is 2.05 bits per heavy atom. The Hall–Kier alpha value is -0.810. The summed E-state index contributed by atoms with van der Waals surface area (Å²) in [6.07, 6.45) is 8.22. The predicted molar refractivity (Wildman–Crippen MR) is 92.3 cm³/mol. The van der Waals surface area contributed by atoms with Crippen LogP contribution in [0.4, 0.5) is 0 Å². The summed E-state index contributed by atoms with van der Waals surface area (Å²) < 4.78 is 0. The maximum absolute atomic E-state index is 10.2. The van der Waals surface area contributed by atoms with Gasteiger partial charge in [0, 0.05) is 25.7 Å². The van der Waals surface area contributed by atoms with Crippen molar-refractivity contribution in [3.63, 3.8) is 0 Å². The number of nitrogens with one attached hydrogen (secondary N) is 2. The molecular formula is C17H34N4O. The third kappa shape index (κ3) is 5.13. The second-order valence-corrected chi connectivity index (χ2v) is 6.79. The number of nitrogens with zero attached hydrogens (tertiary/aromatic N) is 2. The molecule has 1 unspecified atom stereocenters. The predicted octanol–water partition coefficient (Wildman–Crippen LogP) is 1.72. The molecule has 22 heavy (non-hydrogen) atoms. The van der Waals surface area contributed by atoms with E-state index < -0.39 is 5.60 Å². The maximum atomic E-state index is 10.2. The summed E-state index contributed by atoms with van der Waals surface area (Å²) in [5.74, 6) is 0.841. The summed E-state index contributed by atoms with van der Waals surface area (Å²) in [4.78, 5) is 7.17. The van der Waals surface area contributed by atoms with E-state index in [1.54, 1.807) is 0 Å². The molecule has 0 aromatic heterocycles. The van der Waals surface area contributed by atoms with Crippen molar-refractivity contribution in [3.05, 3.63) is 0 Å². The van der Waals surface area contributed by atoms with E-state index in [0.29, 0.717) is 6.54 Å². The second kappa shape index (κ2) is 8.73. The number of aliphatic imine (C=N–C) groups is 1. The first-order valence-electron chi connectivity index (χ1n) is 9.15. The number of piperidine rings is 1. The van der Waals surface area contributed by atoms with Crippen LogP contribution in [0, 0.1) is 0 Å². The summed E-state index contributed by atoms with van der Waals surface area (Å²) in [7, 11) is 0. The molecule has 1 saturated carbocycles. The van der Waals surface area contributed by atoms with Crippen LogP contribution in [-0.4, -0.2) is 60.3 Å². The zero-order valence-electron chi connectivity index (χ0n) is 14.4. The van der Waals surface area contributed by atoms with Gasteiger partial charge in [-0.3, -0.25) is 9.89 Å². The van der Waals surface area contributed by atoms with Crippen LogP contribution in [0.5, 0.6) is 0 Å². The van der Waals surface area contributed by atoms with E-state index in [4.69, 9.17) is 0 Å². The van der Waals surface area contributed by atoms with Crippen molar-refractivity contribution in [2.75, 3.05) is 32.7 Å². The van der Waals surface area contributed by atoms with Crippen molar-refractivity contribution < 1.29 is 5.11 Å². The fourth-order valence-corrected chi connectivity index (χ4v) is 3.45. The molecule has 128 valence electrons. The lowest BCUT2D eigenvalue weighted by molar-refractivity contribution is -0.0236. The van der Waals surface area contributed by atoms with Crippen molar-refractivity contribution in [1.82, 2.24) is 15.5 Å². The van der Waals surface area contributed by atoms with Crippen LogP contribution >= 0.6 is 0 Å². The average molecular weight is 310 g/mol. The van der Waals surface area contributed by atoms with Crippen LogP contribution in [0.1, 0.15) is 58.8 Å². The van der Waals surface area contributed by atoms with Gasteiger partial charge < -0.3 is 15.7 Å². The maximum Gasteiger partial charge on any atom is 0.191 e. The van der Waals surface area contributed by atoms with Crippen molar-refractivity contribution in [3.8, 4) is 0 Å². The van der Waals surface area contributed by atoms with E-state index in [1.807, 2.05) is 0 Å². The highest BCUT2D eigenvalue weighted by atomic mass is 16.3. The average Bonchev–Trinajstić information content (AvgIpc) is 2.51. The Morgan fingerprint density at radius 1 is 1.23 bits per heavy atom. The molecule has 0 radical (unpaired) electrons. The van der Waals surface area contributed by atoms with Crippen molar-refractivity contribution in [2.24, 2.45) is 4.99 Å². The SMILES string of the molecule is CCNC(=NCC1(O)CCC1)NCCN1CCCCC1CC. The van der Waals surface area contributed by atoms with E-state index in [2.05, 4.69) is 34.4 Å².